The van der Waals surface area contributed by atoms with Crippen LogP contribution in [0.15, 0.2) is 29.2 Å². The Kier molecular flexibility index (Phi) is 6.51. The minimum Gasteiger partial charge on any atom is -0.469 e. The second-order valence-corrected chi connectivity index (χ2v) is 6.38. The Hall–Kier alpha value is -1.07. The van der Waals surface area contributed by atoms with Gasteiger partial charge in [-0.2, -0.15) is 0 Å². The molecule has 1 aromatic rings. The number of hydrogen-bond acceptors (Lipinski definition) is 4. The minimum atomic E-state index is -0.160. The van der Waals surface area contributed by atoms with Crippen molar-refractivity contribution in [2.45, 2.75) is 36.6 Å². The van der Waals surface area contributed by atoms with Crippen LogP contribution in [0, 0.1) is 5.82 Å². The topological polar surface area (TPSA) is 29.5 Å². The van der Waals surface area contributed by atoms with Crippen molar-refractivity contribution in [1.82, 2.24) is 4.90 Å². The molecule has 5 heteroatoms. The lowest BCUT2D eigenvalue weighted by atomic mass is 9.99. The second kappa shape index (κ2) is 8.39. The van der Waals surface area contributed by atoms with Gasteiger partial charge in [-0.15, -0.1) is 11.8 Å². The quantitative estimate of drug-likeness (QED) is 0.595. The van der Waals surface area contributed by atoms with E-state index in [0.717, 1.165) is 25.3 Å². The number of likely N-dealkylation sites (tertiary alicyclic amines) is 1. The van der Waals surface area contributed by atoms with Gasteiger partial charge >= 0.3 is 5.97 Å². The zero-order valence-electron chi connectivity index (χ0n) is 12.4. The third-order valence-electron chi connectivity index (χ3n) is 3.85. The van der Waals surface area contributed by atoms with Gasteiger partial charge in [0.15, 0.2) is 0 Å². The van der Waals surface area contributed by atoms with Gasteiger partial charge in [-0.1, -0.05) is 18.6 Å². The molecule has 21 heavy (non-hydrogen) atoms. The summed E-state index contributed by atoms with van der Waals surface area (Å²) < 4.78 is 18.3. The Morgan fingerprint density at radius 1 is 1.43 bits per heavy atom. The molecule has 116 valence electrons. The van der Waals surface area contributed by atoms with E-state index in [0.29, 0.717) is 11.3 Å². The summed E-state index contributed by atoms with van der Waals surface area (Å²) in [7, 11) is 1.43. The fourth-order valence-corrected chi connectivity index (χ4v) is 3.62. The van der Waals surface area contributed by atoms with E-state index in [1.165, 1.54) is 37.8 Å². The van der Waals surface area contributed by atoms with Crippen molar-refractivity contribution in [1.29, 1.82) is 0 Å². The van der Waals surface area contributed by atoms with Gasteiger partial charge in [0, 0.05) is 23.2 Å². The van der Waals surface area contributed by atoms with Crippen LogP contribution in [0.5, 0.6) is 0 Å². The summed E-state index contributed by atoms with van der Waals surface area (Å²) in [4.78, 5) is 14.5. The van der Waals surface area contributed by atoms with E-state index in [2.05, 4.69) is 4.90 Å². The maximum absolute atomic E-state index is 13.6. The van der Waals surface area contributed by atoms with Crippen molar-refractivity contribution in [3.63, 3.8) is 0 Å². The van der Waals surface area contributed by atoms with Crippen LogP contribution < -0.4 is 0 Å². The third-order valence-corrected chi connectivity index (χ3v) is 4.88. The monoisotopic (exact) mass is 311 g/mol. The van der Waals surface area contributed by atoms with E-state index in [9.17, 15) is 9.18 Å². The molecule has 1 fully saturated rings. The van der Waals surface area contributed by atoms with Gasteiger partial charge in [0.1, 0.15) is 5.82 Å². The van der Waals surface area contributed by atoms with Crippen LogP contribution in [0.3, 0.4) is 0 Å². The standard InChI is InChI=1S/C16H22FNO2S/c1-20-16(19)12-13-6-4-5-9-18(13)10-11-21-15-8-3-2-7-14(15)17/h2-3,7-8,13H,4-6,9-12H2,1H3. The predicted octanol–water partition coefficient (Wildman–Crippen LogP) is 3.34. The molecule has 0 bridgehead atoms. The van der Waals surface area contributed by atoms with Gasteiger partial charge < -0.3 is 4.74 Å². The summed E-state index contributed by atoms with van der Waals surface area (Å²) in [6.07, 6.45) is 3.83. The first-order valence-corrected chi connectivity index (χ1v) is 8.37. The predicted molar refractivity (Wildman–Crippen MR) is 83.0 cm³/mol. The minimum absolute atomic E-state index is 0.145. The molecular weight excluding hydrogens is 289 g/mol. The lowest BCUT2D eigenvalue weighted by Crippen LogP contribution is -2.42. The Morgan fingerprint density at radius 3 is 3.00 bits per heavy atom. The molecule has 1 saturated heterocycles. The van der Waals surface area contributed by atoms with Crippen LogP contribution >= 0.6 is 11.8 Å². The maximum Gasteiger partial charge on any atom is 0.307 e. The van der Waals surface area contributed by atoms with E-state index in [-0.39, 0.29) is 17.8 Å². The second-order valence-electron chi connectivity index (χ2n) is 5.24. The number of rotatable bonds is 6. The molecule has 0 radical (unpaired) electrons. The number of halogens is 1. The Labute approximate surface area is 129 Å². The van der Waals surface area contributed by atoms with Crippen LogP contribution in [-0.2, 0) is 9.53 Å². The molecule has 1 aromatic carbocycles. The Bertz CT molecular complexity index is 469. The number of methoxy groups -OCH3 is 1. The van der Waals surface area contributed by atoms with Crippen molar-refractivity contribution in [2.24, 2.45) is 0 Å². The number of hydrogen-bond donors (Lipinski definition) is 0. The van der Waals surface area contributed by atoms with E-state index in [1.54, 1.807) is 6.07 Å². The molecule has 1 aliphatic heterocycles. The molecule has 0 spiro atoms. The van der Waals surface area contributed by atoms with Crippen molar-refractivity contribution in [2.75, 3.05) is 26.0 Å². The molecule has 1 heterocycles. The first-order valence-electron chi connectivity index (χ1n) is 7.39. The first kappa shape index (κ1) is 16.3. The van der Waals surface area contributed by atoms with E-state index in [1.807, 2.05) is 12.1 Å². The highest BCUT2D eigenvalue weighted by Crippen LogP contribution is 2.24. The summed E-state index contributed by atoms with van der Waals surface area (Å²) >= 11 is 1.53. The molecule has 2 rings (SSSR count). The van der Waals surface area contributed by atoms with Gasteiger partial charge in [0.05, 0.1) is 13.5 Å². The number of carbonyl (C=O) groups excluding carboxylic acids is 1. The molecule has 0 N–H and O–H groups in total. The Balaban J connectivity index is 1.82. The fourth-order valence-electron chi connectivity index (χ4n) is 2.70. The van der Waals surface area contributed by atoms with Crippen LogP contribution in [0.1, 0.15) is 25.7 Å². The Morgan fingerprint density at radius 2 is 2.24 bits per heavy atom. The summed E-state index contributed by atoms with van der Waals surface area (Å²) in [5.74, 6) is 0.527. The number of carbonyl (C=O) groups is 1. The summed E-state index contributed by atoms with van der Waals surface area (Å²) in [6, 6.07) is 7.13. The van der Waals surface area contributed by atoms with E-state index >= 15 is 0 Å². The van der Waals surface area contributed by atoms with Gasteiger partial charge in [-0.3, -0.25) is 9.69 Å². The number of ether oxygens (including phenoxy) is 1. The number of nitrogens with zero attached hydrogens (tertiary/aromatic N) is 1. The average molecular weight is 311 g/mol. The molecule has 1 unspecified atom stereocenters. The summed E-state index contributed by atoms with van der Waals surface area (Å²) in [6.45, 7) is 1.89. The van der Waals surface area contributed by atoms with Crippen molar-refractivity contribution < 1.29 is 13.9 Å². The number of piperidine rings is 1. The molecule has 3 nitrogen and oxygen atoms in total. The zero-order chi connectivity index (χ0) is 15.1. The highest BCUT2D eigenvalue weighted by atomic mass is 32.2. The van der Waals surface area contributed by atoms with Crippen molar-refractivity contribution in [3.05, 3.63) is 30.1 Å². The molecule has 0 amide bonds. The normalized spacial score (nSPS) is 19.4. The molecule has 1 aliphatic rings. The highest BCUT2D eigenvalue weighted by molar-refractivity contribution is 7.99. The first-order chi connectivity index (χ1) is 10.2. The number of thioether (sulfide) groups is 1. The molecule has 1 atom stereocenters. The van der Waals surface area contributed by atoms with Crippen molar-refractivity contribution in [3.8, 4) is 0 Å². The van der Waals surface area contributed by atoms with Crippen LogP contribution in [0.4, 0.5) is 4.39 Å². The van der Waals surface area contributed by atoms with Gasteiger partial charge in [-0.05, 0) is 31.5 Å². The van der Waals surface area contributed by atoms with Crippen LogP contribution in [0.25, 0.3) is 0 Å². The fraction of sp³-hybridized carbons (Fsp3) is 0.562. The van der Waals surface area contributed by atoms with Gasteiger partial charge in [0.25, 0.3) is 0 Å². The zero-order valence-corrected chi connectivity index (χ0v) is 13.2. The SMILES string of the molecule is COC(=O)CC1CCCCN1CCSc1ccccc1F. The summed E-state index contributed by atoms with van der Waals surface area (Å²) in [5.41, 5.74) is 0. The van der Waals surface area contributed by atoms with E-state index < -0.39 is 0 Å². The number of benzene rings is 1. The van der Waals surface area contributed by atoms with E-state index in [4.69, 9.17) is 4.74 Å². The number of esters is 1. The smallest absolute Gasteiger partial charge is 0.307 e. The lowest BCUT2D eigenvalue weighted by Gasteiger charge is -2.35. The molecule has 0 aliphatic carbocycles. The van der Waals surface area contributed by atoms with Gasteiger partial charge in [0.2, 0.25) is 0 Å². The summed E-state index contributed by atoms with van der Waals surface area (Å²) in [5, 5.41) is 0. The molecule has 0 aromatic heterocycles. The average Bonchev–Trinajstić information content (AvgIpc) is 2.50. The van der Waals surface area contributed by atoms with Gasteiger partial charge in [-0.25, -0.2) is 4.39 Å². The molecular formula is C16H22FNO2S. The van der Waals surface area contributed by atoms with Crippen molar-refractivity contribution >= 4 is 17.7 Å². The largest absolute Gasteiger partial charge is 0.469 e. The molecule has 0 saturated carbocycles. The maximum atomic E-state index is 13.6. The van der Waals surface area contributed by atoms with Crippen LogP contribution in [-0.4, -0.2) is 42.9 Å². The highest BCUT2D eigenvalue weighted by Gasteiger charge is 2.24. The lowest BCUT2D eigenvalue weighted by molar-refractivity contribution is -0.142. The third kappa shape index (κ3) is 5.00. The van der Waals surface area contributed by atoms with Crippen LogP contribution in [0.2, 0.25) is 0 Å².